The van der Waals surface area contributed by atoms with E-state index in [-0.39, 0.29) is 0 Å². The van der Waals surface area contributed by atoms with Crippen LogP contribution in [0.2, 0.25) is 0 Å². The van der Waals surface area contributed by atoms with Crippen LogP contribution in [0.5, 0.6) is 0 Å². The maximum atomic E-state index is 4.60. The molecule has 1 aromatic heterocycles. The third-order valence-corrected chi connectivity index (χ3v) is 4.19. The standard InChI is InChI=1S/C14H25N5/c1-18-6-3-7-19(2)13(10-18)14-16-9-12(17-14)8-15-11-4-5-11/h9,11,13,15H,3-8,10H2,1-2H3,(H,16,17). The van der Waals surface area contributed by atoms with Crippen LogP contribution < -0.4 is 5.32 Å². The molecule has 2 N–H and O–H groups in total. The molecule has 0 bridgehead atoms. The van der Waals surface area contributed by atoms with Crippen LogP contribution in [-0.4, -0.2) is 59.5 Å². The molecule has 0 radical (unpaired) electrons. The molecule has 0 amide bonds. The first kappa shape index (κ1) is 13.1. The number of aromatic amines is 1. The number of hydrogen-bond acceptors (Lipinski definition) is 4. The van der Waals surface area contributed by atoms with Gasteiger partial charge in [0.15, 0.2) is 0 Å². The van der Waals surface area contributed by atoms with Gasteiger partial charge < -0.3 is 15.2 Å². The number of nitrogens with zero attached hydrogens (tertiary/aromatic N) is 3. The van der Waals surface area contributed by atoms with Crippen molar-refractivity contribution in [2.45, 2.75) is 37.9 Å². The molecule has 5 nitrogen and oxygen atoms in total. The molecule has 0 aromatic carbocycles. The van der Waals surface area contributed by atoms with E-state index >= 15 is 0 Å². The Bertz CT molecular complexity index is 412. The Morgan fingerprint density at radius 3 is 3.00 bits per heavy atom. The molecule has 1 aliphatic carbocycles. The molecule has 1 saturated carbocycles. The molecular formula is C14H25N5. The van der Waals surface area contributed by atoms with Gasteiger partial charge in [-0.15, -0.1) is 0 Å². The number of rotatable bonds is 4. The number of H-pyrrole nitrogens is 1. The minimum absolute atomic E-state index is 0.391. The van der Waals surface area contributed by atoms with Gasteiger partial charge in [0, 0.05) is 31.0 Å². The van der Waals surface area contributed by atoms with Gasteiger partial charge >= 0.3 is 0 Å². The molecule has 0 spiro atoms. The maximum absolute atomic E-state index is 4.60. The van der Waals surface area contributed by atoms with Crippen molar-refractivity contribution in [1.29, 1.82) is 0 Å². The van der Waals surface area contributed by atoms with E-state index in [0.29, 0.717) is 6.04 Å². The van der Waals surface area contributed by atoms with Crippen LogP contribution in [0.15, 0.2) is 6.20 Å². The molecular weight excluding hydrogens is 238 g/mol. The number of likely N-dealkylation sites (N-methyl/N-ethyl adjacent to an activating group) is 2. The van der Waals surface area contributed by atoms with Crippen molar-refractivity contribution < 1.29 is 0 Å². The second-order valence-electron chi connectivity index (χ2n) is 6.06. The summed E-state index contributed by atoms with van der Waals surface area (Å²) in [5.41, 5.74) is 1.21. The smallest absolute Gasteiger partial charge is 0.125 e. The Morgan fingerprint density at radius 2 is 2.21 bits per heavy atom. The summed E-state index contributed by atoms with van der Waals surface area (Å²) in [5.74, 6) is 1.11. The largest absolute Gasteiger partial charge is 0.343 e. The van der Waals surface area contributed by atoms with Crippen LogP contribution in [0.4, 0.5) is 0 Å². The van der Waals surface area contributed by atoms with E-state index in [1.165, 1.54) is 31.5 Å². The molecule has 2 heterocycles. The van der Waals surface area contributed by atoms with Gasteiger partial charge in [-0.25, -0.2) is 4.98 Å². The molecule has 2 fully saturated rings. The fourth-order valence-corrected chi connectivity index (χ4v) is 2.74. The summed E-state index contributed by atoms with van der Waals surface area (Å²) >= 11 is 0. The molecule has 106 valence electrons. The highest BCUT2D eigenvalue weighted by atomic mass is 15.2. The van der Waals surface area contributed by atoms with Crippen molar-refractivity contribution in [2.24, 2.45) is 0 Å². The Labute approximate surface area is 115 Å². The first-order valence-corrected chi connectivity index (χ1v) is 7.38. The fraction of sp³-hybridized carbons (Fsp3) is 0.786. The van der Waals surface area contributed by atoms with Crippen LogP contribution >= 0.6 is 0 Å². The molecule has 1 aromatic rings. The van der Waals surface area contributed by atoms with Gasteiger partial charge in [-0.05, 0) is 46.4 Å². The van der Waals surface area contributed by atoms with E-state index in [2.05, 4.69) is 39.2 Å². The van der Waals surface area contributed by atoms with E-state index in [9.17, 15) is 0 Å². The minimum Gasteiger partial charge on any atom is -0.343 e. The number of aromatic nitrogens is 2. The highest BCUT2D eigenvalue weighted by molar-refractivity contribution is 5.06. The van der Waals surface area contributed by atoms with Gasteiger partial charge in [0.1, 0.15) is 5.82 Å². The molecule has 19 heavy (non-hydrogen) atoms. The van der Waals surface area contributed by atoms with E-state index in [1.807, 2.05) is 6.20 Å². The van der Waals surface area contributed by atoms with Gasteiger partial charge in [0.05, 0.1) is 6.04 Å². The normalized spacial score (nSPS) is 26.5. The zero-order valence-electron chi connectivity index (χ0n) is 12.0. The number of nitrogens with one attached hydrogen (secondary N) is 2. The highest BCUT2D eigenvalue weighted by Crippen LogP contribution is 2.22. The average Bonchev–Trinajstić information content (AvgIpc) is 3.13. The molecule has 2 aliphatic rings. The summed E-state index contributed by atoms with van der Waals surface area (Å²) < 4.78 is 0. The third kappa shape index (κ3) is 3.35. The van der Waals surface area contributed by atoms with E-state index in [1.54, 1.807) is 0 Å². The Balaban J connectivity index is 1.65. The summed E-state index contributed by atoms with van der Waals surface area (Å²) in [6.07, 6.45) is 5.89. The van der Waals surface area contributed by atoms with Crippen LogP contribution in [0.3, 0.4) is 0 Å². The molecule has 1 saturated heterocycles. The number of hydrogen-bond donors (Lipinski definition) is 2. The molecule has 1 unspecified atom stereocenters. The van der Waals surface area contributed by atoms with Crippen molar-refractivity contribution >= 4 is 0 Å². The van der Waals surface area contributed by atoms with Gasteiger partial charge in [-0.1, -0.05) is 0 Å². The molecule has 5 heteroatoms. The summed E-state index contributed by atoms with van der Waals surface area (Å²) in [7, 11) is 4.40. The summed E-state index contributed by atoms with van der Waals surface area (Å²) in [5, 5.41) is 3.53. The quantitative estimate of drug-likeness (QED) is 0.850. The van der Waals surface area contributed by atoms with E-state index in [4.69, 9.17) is 0 Å². The Morgan fingerprint density at radius 1 is 1.37 bits per heavy atom. The third-order valence-electron chi connectivity index (χ3n) is 4.19. The van der Waals surface area contributed by atoms with Crippen molar-refractivity contribution in [3.63, 3.8) is 0 Å². The van der Waals surface area contributed by atoms with Crippen molar-refractivity contribution in [3.05, 3.63) is 17.7 Å². The minimum atomic E-state index is 0.391. The second-order valence-corrected chi connectivity index (χ2v) is 6.06. The predicted molar refractivity (Wildman–Crippen MR) is 75.9 cm³/mol. The van der Waals surface area contributed by atoms with Gasteiger partial charge in [0.2, 0.25) is 0 Å². The molecule has 1 atom stereocenters. The van der Waals surface area contributed by atoms with E-state index < -0.39 is 0 Å². The molecule has 1 aliphatic heterocycles. The van der Waals surface area contributed by atoms with Gasteiger partial charge in [-0.3, -0.25) is 4.90 Å². The van der Waals surface area contributed by atoms with Crippen LogP contribution in [0.25, 0.3) is 0 Å². The van der Waals surface area contributed by atoms with Crippen molar-refractivity contribution in [1.82, 2.24) is 25.1 Å². The lowest BCUT2D eigenvalue weighted by Gasteiger charge is -2.25. The Hall–Kier alpha value is -0.910. The highest BCUT2D eigenvalue weighted by Gasteiger charge is 2.25. The van der Waals surface area contributed by atoms with Crippen LogP contribution in [0.1, 0.15) is 36.8 Å². The van der Waals surface area contributed by atoms with Gasteiger partial charge in [-0.2, -0.15) is 0 Å². The lowest BCUT2D eigenvalue weighted by atomic mass is 10.2. The average molecular weight is 263 g/mol. The van der Waals surface area contributed by atoms with Crippen molar-refractivity contribution in [2.75, 3.05) is 33.7 Å². The fourth-order valence-electron chi connectivity index (χ4n) is 2.74. The van der Waals surface area contributed by atoms with Crippen molar-refractivity contribution in [3.8, 4) is 0 Å². The van der Waals surface area contributed by atoms with Crippen LogP contribution in [-0.2, 0) is 6.54 Å². The predicted octanol–water partition coefficient (Wildman–Crippen LogP) is 0.970. The number of imidazole rings is 1. The topological polar surface area (TPSA) is 47.2 Å². The lowest BCUT2D eigenvalue weighted by Crippen LogP contribution is -2.31. The lowest BCUT2D eigenvalue weighted by molar-refractivity contribution is 0.220. The van der Waals surface area contributed by atoms with Gasteiger partial charge in [0.25, 0.3) is 0 Å². The zero-order chi connectivity index (χ0) is 13.2. The second kappa shape index (κ2) is 5.61. The SMILES string of the molecule is CN1CCCN(C)C(c2ncc(CNC3CC3)[nH]2)C1. The monoisotopic (exact) mass is 263 g/mol. The summed E-state index contributed by atoms with van der Waals surface area (Å²) in [6, 6.07) is 1.14. The summed E-state index contributed by atoms with van der Waals surface area (Å²) in [4.78, 5) is 12.9. The summed E-state index contributed by atoms with van der Waals surface area (Å²) in [6.45, 7) is 4.30. The first-order valence-electron chi connectivity index (χ1n) is 7.38. The first-order chi connectivity index (χ1) is 9.22. The van der Waals surface area contributed by atoms with Crippen LogP contribution in [0, 0.1) is 0 Å². The maximum Gasteiger partial charge on any atom is 0.125 e. The Kier molecular flexibility index (Phi) is 3.86. The molecule has 3 rings (SSSR count). The zero-order valence-corrected chi connectivity index (χ0v) is 12.0. The van der Waals surface area contributed by atoms with E-state index in [0.717, 1.165) is 31.5 Å².